The molecule has 2 aromatic carbocycles. The molecule has 1 aromatic heterocycles. The number of hydrogen-bond donors (Lipinski definition) is 1. The van der Waals surface area contributed by atoms with Crippen molar-refractivity contribution in [1.29, 1.82) is 0 Å². The van der Waals surface area contributed by atoms with Crippen molar-refractivity contribution in [2.45, 2.75) is 29.9 Å². The van der Waals surface area contributed by atoms with Gasteiger partial charge in [-0.15, -0.1) is 0 Å². The van der Waals surface area contributed by atoms with Crippen LogP contribution in [-0.2, 0) is 14.8 Å². The van der Waals surface area contributed by atoms with E-state index < -0.39 is 10.0 Å². The van der Waals surface area contributed by atoms with Gasteiger partial charge in [0.2, 0.25) is 0 Å². The zero-order valence-electron chi connectivity index (χ0n) is 15.7. The predicted octanol–water partition coefficient (Wildman–Crippen LogP) is 3.04. The molecule has 0 unspecified atom stereocenters. The van der Waals surface area contributed by atoms with E-state index >= 15 is 0 Å². The first-order valence-corrected chi connectivity index (χ1v) is 10.6. The first-order valence-electron chi connectivity index (χ1n) is 9.08. The minimum atomic E-state index is -3.77. The predicted molar refractivity (Wildman–Crippen MR) is 109 cm³/mol. The number of sulfonamides is 1. The lowest BCUT2D eigenvalue weighted by molar-refractivity contribution is 0.0265. The number of benzene rings is 2. The number of hydrogen-bond acceptors (Lipinski definition) is 6. The number of methoxy groups -OCH3 is 1. The Morgan fingerprint density at radius 1 is 1.00 bits per heavy atom. The van der Waals surface area contributed by atoms with Crippen LogP contribution in [-0.4, -0.2) is 44.7 Å². The van der Waals surface area contributed by atoms with Gasteiger partial charge in [0.25, 0.3) is 10.0 Å². The van der Waals surface area contributed by atoms with Gasteiger partial charge in [0, 0.05) is 20.2 Å². The van der Waals surface area contributed by atoms with Crippen molar-refractivity contribution >= 4 is 32.7 Å². The van der Waals surface area contributed by atoms with E-state index in [-0.39, 0.29) is 22.9 Å². The quantitative estimate of drug-likeness (QED) is 0.687. The van der Waals surface area contributed by atoms with Crippen LogP contribution < -0.4 is 9.62 Å². The zero-order chi connectivity index (χ0) is 19.7. The summed E-state index contributed by atoms with van der Waals surface area (Å²) < 4.78 is 33.7. The monoisotopic (exact) mass is 398 g/mol. The van der Waals surface area contributed by atoms with Crippen LogP contribution >= 0.6 is 0 Å². The molecule has 1 fully saturated rings. The highest BCUT2D eigenvalue weighted by molar-refractivity contribution is 7.92. The van der Waals surface area contributed by atoms with Crippen LogP contribution in [0.3, 0.4) is 0 Å². The van der Waals surface area contributed by atoms with Crippen molar-refractivity contribution in [3.05, 3.63) is 54.6 Å². The van der Waals surface area contributed by atoms with Gasteiger partial charge in [-0.05, 0) is 37.1 Å². The molecule has 1 heterocycles. The number of para-hydroxylation sites is 2. The molecule has 0 spiro atoms. The molecular weight excluding hydrogens is 376 g/mol. The highest BCUT2D eigenvalue weighted by Crippen LogP contribution is 2.34. The number of ether oxygens (including phenoxy) is 1. The molecule has 3 aromatic rings. The van der Waals surface area contributed by atoms with Crippen molar-refractivity contribution in [2.24, 2.45) is 0 Å². The Kier molecular flexibility index (Phi) is 4.91. The lowest BCUT2D eigenvalue weighted by atomic mass is 9.88. The van der Waals surface area contributed by atoms with E-state index in [1.165, 1.54) is 0 Å². The fraction of sp³-hybridized carbons (Fsp3) is 0.300. The van der Waals surface area contributed by atoms with E-state index in [4.69, 9.17) is 9.72 Å². The molecule has 1 aliphatic carbocycles. The van der Waals surface area contributed by atoms with Crippen LogP contribution in [0.25, 0.3) is 11.0 Å². The summed E-state index contributed by atoms with van der Waals surface area (Å²) >= 11 is 0. The van der Waals surface area contributed by atoms with Crippen molar-refractivity contribution in [2.75, 3.05) is 23.8 Å². The molecule has 1 aliphatic rings. The second kappa shape index (κ2) is 7.37. The molecule has 8 heteroatoms. The van der Waals surface area contributed by atoms with Gasteiger partial charge in [-0.1, -0.05) is 30.3 Å². The second-order valence-electron chi connectivity index (χ2n) is 6.90. The van der Waals surface area contributed by atoms with Gasteiger partial charge in [-0.3, -0.25) is 4.72 Å². The number of aromatic nitrogens is 2. The molecule has 4 rings (SSSR count). The molecule has 0 bridgehead atoms. The van der Waals surface area contributed by atoms with E-state index in [1.54, 1.807) is 37.4 Å². The van der Waals surface area contributed by atoms with Gasteiger partial charge in [-0.2, -0.15) is 0 Å². The lowest BCUT2D eigenvalue weighted by Crippen LogP contribution is -2.46. The van der Waals surface area contributed by atoms with Gasteiger partial charge in [0.1, 0.15) is 0 Å². The normalized spacial score (nSPS) is 19.2. The average molecular weight is 398 g/mol. The Bertz CT molecular complexity index is 1080. The summed E-state index contributed by atoms with van der Waals surface area (Å²) in [5.74, 6) is 0.740. The van der Waals surface area contributed by atoms with Crippen LogP contribution in [0, 0.1) is 0 Å². The highest BCUT2D eigenvalue weighted by atomic mass is 32.2. The molecule has 0 saturated heterocycles. The second-order valence-corrected chi connectivity index (χ2v) is 8.58. The summed E-state index contributed by atoms with van der Waals surface area (Å²) in [6.45, 7) is 0. The summed E-state index contributed by atoms with van der Waals surface area (Å²) in [6, 6.07) is 15.9. The standard InChI is InChI=1S/C20H22N4O3S/c1-24(14-12-15(13-14)27-2)20-19(21-17-10-6-7-11-18(17)22-20)23-28(25,26)16-8-4-3-5-9-16/h3-11,14-15H,12-13H2,1-2H3,(H,21,23). The molecule has 0 radical (unpaired) electrons. The van der Waals surface area contributed by atoms with Crippen LogP contribution in [0.5, 0.6) is 0 Å². The number of rotatable bonds is 6. The Balaban J connectivity index is 1.73. The Hall–Kier alpha value is -2.71. The van der Waals surface area contributed by atoms with Crippen molar-refractivity contribution in [3.8, 4) is 0 Å². The first-order chi connectivity index (χ1) is 13.5. The molecule has 146 valence electrons. The summed E-state index contributed by atoms with van der Waals surface area (Å²) in [4.78, 5) is 11.4. The highest BCUT2D eigenvalue weighted by Gasteiger charge is 2.34. The minimum Gasteiger partial charge on any atom is -0.381 e. The zero-order valence-corrected chi connectivity index (χ0v) is 16.6. The molecule has 0 amide bonds. The molecule has 0 aliphatic heterocycles. The summed E-state index contributed by atoms with van der Waals surface area (Å²) in [5.41, 5.74) is 1.35. The Labute approximate surface area is 164 Å². The maximum absolute atomic E-state index is 12.8. The summed E-state index contributed by atoms with van der Waals surface area (Å²) in [5, 5.41) is 0. The average Bonchev–Trinajstić information content (AvgIpc) is 2.67. The van der Waals surface area contributed by atoms with Gasteiger partial charge < -0.3 is 9.64 Å². The van der Waals surface area contributed by atoms with Gasteiger partial charge >= 0.3 is 0 Å². The number of nitrogens with zero attached hydrogens (tertiary/aromatic N) is 3. The smallest absolute Gasteiger partial charge is 0.263 e. The van der Waals surface area contributed by atoms with Gasteiger partial charge in [0.15, 0.2) is 11.6 Å². The summed E-state index contributed by atoms with van der Waals surface area (Å²) in [7, 11) is -0.155. The van der Waals surface area contributed by atoms with Crippen molar-refractivity contribution < 1.29 is 13.2 Å². The number of nitrogens with one attached hydrogen (secondary N) is 1. The van der Waals surface area contributed by atoms with Gasteiger partial charge in [0.05, 0.1) is 22.0 Å². The van der Waals surface area contributed by atoms with Crippen molar-refractivity contribution in [1.82, 2.24) is 9.97 Å². The van der Waals surface area contributed by atoms with E-state index in [1.807, 2.05) is 36.2 Å². The van der Waals surface area contributed by atoms with Gasteiger partial charge in [-0.25, -0.2) is 18.4 Å². The topological polar surface area (TPSA) is 84.4 Å². The van der Waals surface area contributed by atoms with E-state index in [9.17, 15) is 8.42 Å². The Morgan fingerprint density at radius 3 is 2.25 bits per heavy atom. The molecule has 0 atom stereocenters. The van der Waals surface area contributed by atoms with Crippen LogP contribution in [0.2, 0.25) is 0 Å². The number of fused-ring (bicyclic) bond motifs is 1. The first kappa shape index (κ1) is 18.6. The van der Waals surface area contributed by atoms with Crippen LogP contribution in [0.4, 0.5) is 11.6 Å². The SMILES string of the molecule is COC1CC(N(C)c2nc3ccccc3nc2NS(=O)(=O)c2ccccc2)C1. The molecule has 1 saturated carbocycles. The maximum Gasteiger partial charge on any atom is 0.263 e. The molecule has 28 heavy (non-hydrogen) atoms. The molecule has 1 N–H and O–H groups in total. The van der Waals surface area contributed by atoms with Crippen LogP contribution in [0.15, 0.2) is 59.5 Å². The van der Waals surface area contributed by atoms with E-state index in [2.05, 4.69) is 9.71 Å². The fourth-order valence-electron chi connectivity index (χ4n) is 3.31. The molecule has 7 nitrogen and oxygen atoms in total. The minimum absolute atomic E-state index is 0.182. The largest absolute Gasteiger partial charge is 0.381 e. The van der Waals surface area contributed by atoms with E-state index in [0.29, 0.717) is 11.3 Å². The summed E-state index contributed by atoms with van der Waals surface area (Å²) in [6.07, 6.45) is 1.96. The van der Waals surface area contributed by atoms with E-state index in [0.717, 1.165) is 18.4 Å². The third kappa shape index (κ3) is 3.53. The fourth-order valence-corrected chi connectivity index (χ4v) is 4.34. The molecular formula is C20H22N4O3S. The lowest BCUT2D eigenvalue weighted by Gasteiger charge is -2.41. The Morgan fingerprint density at radius 2 is 1.61 bits per heavy atom. The maximum atomic E-state index is 12.8. The van der Waals surface area contributed by atoms with Crippen LogP contribution in [0.1, 0.15) is 12.8 Å². The van der Waals surface area contributed by atoms with Crippen molar-refractivity contribution in [3.63, 3.8) is 0 Å². The third-order valence-corrected chi connectivity index (χ3v) is 6.48. The number of anilines is 2. The third-order valence-electron chi connectivity index (χ3n) is 5.12.